The van der Waals surface area contributed by atoms with Gasteiger partial charge in [-0.3, -0.25) is 0 Å². The summed E-state index contributed by atoms with van der Waals surface area (Å²) in [6, 6.07) is 7.40. The fourth-order valence-electron chi connectivity index (χ4n) is 1.91. The smallest absolute Gasteiger partial charge is 0.128 e. The van der Waals surface area contributed by atoms with Gasteiger partial charge in [-0.2, -0.15) is 0 Å². The van der Waals surface area contributed by atoms with Gasteiger partial charge in [-0.1, -0.05) is 6.07 Å². The second kappa shape index (κ2) is 5.94. The Morgan fingerprint density at radius 1 is 1.21 bits per heavy atom. The highest BCUT2D eigenvalue weighted by atomic mass is 79.9. The third kappa shape index (κ3) is 2.78. The molecule has 5 heteroatoms. The van der Waals surface area contributed by atoms with Gasteiger partial charge in [0.05, 0.1) is 19.8 Å². The van der Waals surface area contributed by atoms with E-state index in [1.807, 2.05) is 31.2 Å². The van der Waals surface area contributed by atoms with Crippen LogP contribution in [0.2, 0.25) is 0 Å². The number of benzene rings is 1. The Balaban J connectivity index is 2.50. The van der Waals surface area contributed by atoms with Crippen LogP contribution in [0.5, 0.6) is 11.5 Å². The van der Waals surface area contributed by atoms with E-state index in [0.717, 1.165) is 14.2 Å². The number of ether oxygens (including phenoxy) is 2. The molecule has 0 aliphatic carbocycles. The van der Waals surface area contributed by atoms with Gasteiger partial charge in [-0.25, -0.2) is 0 Å². The fourth-order valence-corrected chi connectivity index (χ4v) is 3.47. The number of rotatable bonds is 4. The second-order valence-electron chi connectivity index (χ2n) is 4.03. The van der Waals surface area contributed by atoms with Crippen LogP contribution in [0.3, 0.4) is 0 Å². The van der Waals surface area contributed by atoms with Crippen molar-refractivity contribution in [3.8, 4) is 11.5 Å². The van der Waals surface area contributed by atoms with Crippen LogP contribution in [-0.2, 0) is 0 Å². The zero-order valence-electron chi connectivity index (χ0n) is 10.9. The Morgan fingerprint density at radius 3 is 2.21 bits per heavy atom. The highest BCUT2D eigenvalue weighted by Crippen LogP contribution is 2.41. The largest absolute Gasteiger partial charge is 0.496 e. The van der Waals surface area contributed by atoms with E-state index < -0.39 is 6.10 Å². The number of methoxy groups -OCH3 is 2. The predicted octanol–water partition coefficient (Wildman–Crippen LogP) is 3.92. The van der Waals surface area contributed by atoms with Gasteiger partial charge in [0.15, 0.2) is 0 Å². The zero-order valence-corrected chi connectivity index (χ0v) is 13.3. The monoisotopic (exact) mass is 342 g/mol. The first-order valence-electron chi connectivity index (χ1n) is 5.73. The zero-order chi connectivity index (χ0) is 14.0. The summed E-state index contributed by atoms with van der Waals surface area (Å²) in [5, 5.41) is 10.6. The van der Waals surface area contributed by atoms with Crippen molar-refractivity contribution in [2.75, 3.05) is 14.2 Å². The highest BCUT2D eigenvalue weighted by Gasteiger charge is 2.22. The maximum Gasteiger partial charge on any atom is 0.128 e. The van der Waals surface area contributed by atoms with E-state index in [4.69, 9.17) is 9.47 Å². The third-order valence-corrected chi connectivity index (χ3v) is 5.07. The van der Waals surface area contributed by atoms with Gasteiger partial charge in [-0.15, -0.1) is 11.3 Å². The molecule has 1 heterocycles. The summed E-state index contributed by atoms with van der Waals surface area (Å²) in [6.07, 6.45) is -0.763. The molecule has 19 heavy (non-hydrogen) atoms. The molecule has 0 amide bonds. The van der Waals surface area contributed by atoms with Gasteiger partial charge in [0.1, 0.15) is 17.6 Å². The minimum absolute atomic E-state index is 0.619. The molecule has 1 N–H and O–H groups in total. The second-order valence-corrected chi connectivity index (χ2v) is 6.17. The average molecular weight is 343 g/mol. The molecule has 0 bridgehead atoms. The lowest BCUT2D eigenvalue weighted by molar-refractivity contribution is 0.212. The Kier molecular flexibility index (Phi) is 4.50. The quantitative estimate of drug-likeness (QED) is 0.915. The first kappa shape index (κ1) is 14.4. The maximum atomic E-state index is 10.6. The summed E-state index contributed by atoms with van der Waals surface area (Å²) < 4.78 is 11.6. The summed E-state index contributed by atoms with van der Waals surface area (Å²) in [6.45, 7) is 2.00. The van der Waals surface area contributed by atoms with Crippen LogP contribution >= 0.6 is 27.3 Å². The molecule has 1 atom stereocenters. The van der Waals surface area contributed by atoms with Crippen molar-refractivity contribution >= 4 is 27.3 Å². The van der Waals surface area contributed by atoms with Crippen LogP contribution < -0.4 is 9.47 Å². The van der Waals surface area contributed by atoms with Crippen molar-refractivity contribution in [2.24, 2.45) is 0 Å². The van der Waals surface area contributed by atoms with Crippen molar-refractivity contribution in [3.05, 3.63) is 44.1 Å². The molecule has 2 aromatic rings. The van der Waals surface area contributed by atoms with Crippen LogP contribution in [0.25, 0.3) is 0 Å². The van der Waals surface area contributed by atoms with Gasteiger partial charge < -0.3 is 14.6 Å². The van der Waals surface area contributed by atoms with Crippen molar-refractivity contribution in [1.82, 2.24) is 0 Å². The van der Waals surface area contributed by atoms with Crippen molar-refractivity contribution in [3.63, 3.8) is 0 Å². The predicted molar refractivity (Wildman–Crippen MR) is 80.4 cm³/mol. The van der Waals surface area contributed by atoms with E-state index in [1.54, 1.807) is 25.6 Å². The molecule has 0 aliphatic heterocycles. The summed E-state index contributed by atoms with van der Waals surface area (Å²) in [5.74, 6) is 1.24. The van der Waals surface area contributed by atoms with Crippen LogP contribution in [0.1, 0.15) is 21.4 Å². The van der Waals surface area contributed by atoms with Gasteiger partial charge in [0, 0.05) is 14.2 Å². The maximum absolute atomic E-state index is 10.6. The number of aryl methyl sites for hydroxylation is 1. The third-order valence-electron chi connectivity index (χ3n) is 2.89. The molecule has 3 nitrogen and oxygen atoms in total. The number of halogens is 1. The SMILES string of the molecule is COc1cccc(OC)c1C(O)c1cc(Br)c(C)s1. The molecule has 1 unspecified atom stereocenters. The van der Waals surface area contributed by atoms with Gasteiger partial charge >= 0.3 is 0 Å². The van der Waals surface area contributed by atoms with Crippen molar-refractivity contribution in [1.29, 1.82) is 0 Å². The Labute approximate surface area is 124 Å². The van der Waals surface area contributed by atoms with E-state index >= 15 is 0 Å². The summed E-state index contributed by atoms with van der Waals surface area (Å²) in [4.78, 5) is 1.98. The standard InChI is InChI=1S/C14H15BrO3S/c1-8-9(15)7-12(19-8)14(16)13-10(17-2)5-4-6-11(13)18-3/h4-7,14,16H,1-3H3. The fraction of sp³-hybridized carbons (Fsp3) is 0.286. The number of aliphatic hydroxyl groups is 1. The molecule has 2 rings (SSSR count). The highest BCUT2D eigenvalue weighted by molar-refractivity contribution is 9.10. The lowest BCUT2D eigenvalue weighted by atomic mass is 10.1. The molecule has 1 aromatic heterocycles. The van der Waals surface area contributed by atoms with Crippen LogP contribution in [-0.4, -0.2) is 19.3 Å². The molecular weight excluding hydrogens is 328 g/mol. The first-order chi connectivity index (χ1) is 9.08. The van der Waals surface area contributed by atoms with Gasteiger partial charge in [0.25, 0.3) is 0 Å². The topological polar surface area (TPSA) is 38.7 Å². The Hall–Kier alpha value is -1.04. The van der Waals surface area contributed by atoms with Gasteiger partial charge in [-0.05, 0) is 41.1 Å². The molecule has 1 aromatic carbocycles. The van der Waals surface area contributed by atoms with E-state index in [-0.39, 0.29) is 0 Å². The summed E-state index contributed by atoms with van der Waals surface area (Å²) >= 11 is 5.01. The average Bonchev–Trinajstić information content (AvgIpc) is 2.76. The Bertz CT molecular complexity index is 538. The van der Waals surface area contributed by atoms with Gasteiger partial charge in [0.2, 0.25) is 0 Å². The lowest BCUT2D eigenvalue weighted by Crippen LogP contribution is -2.03. The van der Waals surface area contributed by atoms with Crippen molar-refractivity contribution in [2.45, 2.75) is 13.0 Å². The van der Waals surface area contributed by atoms with E-state index in [2.05, 4.69) is 15.9 Å². The summed E-state index contributed by atoms with van der Waals surface area (Å²) in [7, 11) is 3.17. The van der Waals surface area contributed by atoms with E-state index in [1.165, 1.54) is 0 Å². The number of hydrogen-bond donors (Lipinski definition) is 1. The number of hydrogen-bond acceptors (Lipinski definition) is 4. The molecule has 0 saturated heterocycles. The normalized spacial score (nSPS) is 12.3. The van der Waals surface area contributed by atoms with Crippen molar-refractivity contribution < 1.29 is 14.6 Å². The first-order valence-corrected chi connectivity index (χ1v) is 7.34. The Morgan fingerprint density at radius 2 is 1.79 bits per heavy atom. The van der Waals surface area contributed by atoms with Crippen LogP contribution in [0.15, 0.2) is 28.7 Å². The number of aliphatic hydroxyl groups excluding tert-OH is 1. The molecule has 0 spiro atoms. The minimum Gasteiger partial charge on any atom is -0.496 e. The van der Waals surface area contributed by atoms with Crippen LogP contribution in [0, 0.1) is 6.92 Å². The number of thiophene rings is 1. The molecule has 102 valence electrons. The molecule has 0 aliphatic rings. The van der Waals surface area contributed by atoms with E-state index in [0.29, 0.717) is 17.1 Å². The minimum atomic E-state index is -0.763. The molecule has 0 fully saturated rings. The molecule has 0 radical (unpaired) electrons. The molecule has 0 saturated carbocycles. The molecular formula is C14H15BrO3S. The van der Waals surface area contributed by atoms with E-state index in [9.17, 15) is 5.11 Å². The lowest BCUT2D eigenvalue weighted by Gasteiger charge is -2.17. The summed E-state index contributed by atoms with van der Waals surface area (Å²) in [5.41, 5.74) is 0.654. The van der Waals surface area contributed by atoms with Crippen LogP contribution in [0.4, 0.5) is 0 Å².